The fourth-order valence-corrected chi connectivity index (χ4v) is 3.09. The number of nitrogens with one attached hydrogen (secondary N) is 2. The molecule has 140 valence electrons. The molecule has 10 heteroatoms. The van der Waals surface area contributed by atoms with Gasteiger partial charge in [-0.1, -0.05) is 12.1 Å². The van der Waals surface area contributed by atoms with E-state index in [4.69, 9.17) is 0 Å². The Morgan fingerprint density at radius 2 is 2.15 bits per heavy atom. The minimum absolute atomic E-state index is 0.0878. The number of nitro benzene ring substituents is 1. The van der Waals surface area contributed by atoms with Crippen molar-refractivity contribution in [3.8, 4) is 0 Å². The molecule has 0 fully saturated rings. The van der Waals surface area contributed by atoms with E-state index < -0.39 is 11.0 Å². The number of anilines is 1. The van der Waals surface area contributed by atoms with Gasteiger partial charge in [-0.3, -0.25) is 14.5 Å². The average Bonchev–Trinajstić information content (AvgIpc) is 3.09. The smallest absolute Gasteiger partial charge is 0.319 e. The molecule has 27 heavy (non-hydrogen) atoms. The summed E-state index contributed by atoms with van der Waals surface area (Å²) >= 11 is 1.66. The van der Waals surface area contributed by atoms with Gasteiger partial charge in [-0.05, 0) is 36.6 Å². The maximum Gasteiger partial charge on any atom is 0.319 e. The van der Waals surface area contributed by atoms with Crippen molar-refractivity contribution in [1.29, 1.82) is 0 Å². The van der Waals surface area contributed by atoms with Crippen LogP contribution in [0.15, 0.2) is 48.7 Å². The Morgan fingerprint density at radius 1 is 1.30 bits per heavy atom. The van der Waals surface area contributed by atoms with Gasteiger partial charge in [0.05, 0.1) is 11.0 Å². The highest BCUT2D eigenvalue weighted by atomic mass is 32.2. The third kappa shape index (κ3) is 4.53. The number of pyridine rings is 1. The Balaban J connectivity index is 1.77. The van der Waals surface area contributed by atoms with Gasteiger partial charge < -0.3 is 10.6 Å². The molecule has 0 radical (unpaired) electrons. The third-order valence-corrected chi connectivity index (χ3v) is 4.53. The number of carbonyl (C=O) groups is 1. The van der Waals surface area contributed by atoms with Crippen molar-refractivity contribution in [2.24, 2.45) is 0 Å². The van der Waals surface area contributed by atoms with Crippen LogP contribution in [-0.4, -0.2) is 37.6 Å². The van der Waals surface area contributed by atoms with Gasteiger partial charge in [0, 0.05) is 24.0 Å². The predicted molar refractivity (Wildman–Crippen MR) is 104 cm³/mol. The second kappa shape index (κ2) is 8.49. The zero-order valence-corrected chi connectivity index (χ0v) is 15.3. The first-order valence-electron chi connectivity index (χ1n) is 8.19. The molecule has 2 N–H and O–H groups in total. The van der Waals surface area contributed by atoms with Gasteiger partial charge in [-0.25, -0.2) is 4.79 Å². The molecule has 0 saturated carbocycles. The average molecular weight is 386 g/mol. The quantitative estimate of drug-likeness (QED) is 0.476. The number of amides is 2. The van der Waals surface area contributed by atoms with Crippen molar-refractivity contribution in [2.45, 2.75) is 12.5 Å². The van der Waals surface area contributed by atoms with E-state index in [0.29, 0.717) is 23.6 Å². The molecule has 0 aliphatic heterocycles. The molecule has 0 aliphatic carbocycles. The van der Waals surface area contributed by atoms with Crippen LogP contribution in [0.1, 0.15) is 18.3 Å². The topological polar surface area (TPSA) is 114 Å². The van der Waals surface area contributed by atoms with Crippen LogP contribution >= 0.6 is 11.8 Å². The molecule has 0 bridgehead atoms. The number of thioether (sulfide) groups is 1. The fraction of sp³-hybridized carbons (Fsp3) is 0.235. The molecule has 2 aromatic heterocycles. The minimum atomic E-state index is -0.507. The van der Waals surface area contributed by atoms with Gasteiger partial charge in [0.25, 0.3) is 5.69 Å². The van der Waals surface area contributed by atoms with Crippen molar-refractivity contribution < 1.29 is 9.72 Å². The molecule has 0 saturated heterocycles. The van der Waals surface area contributed by atoms with Gasteiger partial charge in [-0.15, -0.1) is 10.2 Å². The summed E-state index contributed by atoms with van der Waals surface area (Å²) in [6, 6.07) is 10.5. The maximum atomic E-state index is 12.4. The number of rotatable bonds is 7. The maximum absolute atomic E-state index is 12.4. The molecule has 1 unspecified atom stereocenters. The van der Waals surface area contributed by atoms with Crippen molar-refractivity contribution in [3.05, 3.63) is 64.6 Å². The number of nitrogens with zero attached hydrogens (tertiary/aromatic N) is 4. The summed E-state index contributed by atoms with van der Waals surface area (Å²) in [6.45, 7) is 0. The van der Waals surface area contributed by atoms with Gasteiger partial charge >= 0.3 is 6.03 Å². The Morgan fingerprint density at radius 3 is 2.93 bits per heavy atom. The van der Waals surface area contributed by atoms with E-state index in [2.05, 4.69) is 20.8 Å². The van der Waals surface area contributed by atoms with Crippen LogP contribution in [-0.2, 0) is 0 Å². The Bertz CT molecular complexity index is 961. The van der Waals surface area contributed by atoms with E-state index >= 15 is 0 Å². The summed E-state index contributed by atoms with van der Waals surface area (Å²) in [5.41, 5.74) is 0.953. The van der Waals surface area contributed by atoms with Gasteiger partial charge in [-0.2, -0.15) is 11.8 Å². The number of nitro groups is 1. The molecule has 0 aliphatic rings. The fourth-order valence-electron chi connectivity index (χ4n) is 2.62. The standard InChI is InChI=1S/C17H18N6O3S/c1-27-10-8-14(16-21-20-15-7-2-3-9-22(15)16)19-17(24)18-12-5-4-6-13(11-12)23(25)26/h2-7,9,11,14H,8,10H2,1H3,(H2,18,19,24). The number of hydrogen-bond donors (Lipinski definition) is 2. The van der Waals surface area contributed by atoms with Crippen molar-refractivity contribution in [2.75, 3.05) is 17.3 Å². The molecule has 1 aromatic carbocycles. The van der Waals surface area contributed by atoms with Crippen LogP contribution in [0.4, 0.5) is 16.2 Å². The van der Waals surface area contributed by atoms with Crippen LogP contribution in [0.5, 0.6) is 0 Å². The second-order valence-corrected chi connectivity index (χ2v) is 6.71. The first kappa shape index (κ1) is 18.6. The van der Waals surface area contributed by atoms with E-state index in [-0.39, 0.29) is 11.7 Å². The summed E-state index contributed by atoms with van der Waals surface area (Å²) in [5.74, 6) is 1.46. The molecule has 1 atom stereocenters. The highest BCUT2D eigenvalue weighted by molar-refractivity contribution is 7.98. The molecular formula is C17H18N6O3S. The van der Waals surface area contributed by atoms with Crippen LogP contribution in [0, 0.1) is 10.1 Å². The van der Waals surface area contributed by atoms with E-state index in [9.17, 15) is 14.9 Å². The van der Waals surface area contributed by atoms with Gasteiger partial charge in [0.2, 0.25) is 0 Å². The lowest BCUT2D eigenvalue weighted by atomic mass is 10.2. The molecule has 2 heterocycles. The largest absolute Gasteiger partial charge is 0.328 e. The summed E-state index contributed by atoms with van der Waals surface area (Å²) in [5, 5.41) is 24.7. The highest BCUT2D eigenvalue weighted by Crippen LogP contribution is 2.20. The number of fused-ring (bicyclic) bond motifs is 1. The monoisotopic (exact) mass is 386 g/mol. The minimum Gasteiger partial charge on any atom is -0.328 e. The van der Waals surface area contributed by atoms with Crippen LogP contribution in [0.3, 0.4) is 0 Å². The number of carbonyl (C=O) groups excluding carboxylic acids is 1. The van der Waals surface area contributed by atoms with E-state index in [0.717, 1.165) is 5.75 Å². The number of benzene rings is 1. The van der Waals surface area contributed by atoms with Crippen LogP contribution in [0.25, 0.3) is 5.65 Å². The first-order valence-corrected chi connectivity index (χ1v) is 9.58. The van der Waals surface area contributed by atoms with Gasteiger partial charge in [0.1, 0.15) is 0 Å². The molecule has 2 amide bonds. The molecule has 0 spiro atoms. The lowest BCUT2D eigenvalue weighted by Crippen LogP contribution is -2.34. The number of aromatic nitrogens is 3. The van der Waals surface area contributed by atoms with Crippen molar-refractivity contribution >= 4 is 34.8 Å². The highest BCUT2D eigenvalue weighted by Gasteiger charge is 2.20. The van der Waals surface area contributed by atoms with Crippen molar-refractivity contribution in [1.82, 2.24) is 19.9 Å². The summed E-state index contributed by atoms with van der Waals surface area (Å²) < 4.78 is 1.83. The molecule has 3 rings (SSSR count). The Kier molecular flexibility index (Phi) is 5.87. The Labute approximate surface area is 159 Å². The molecular weight excluding hydrogens is 368 g/mol. The SMILES string of the molecule is CSCCC(NC(=O)Nc1cccc([N+](=O)[O-])c1)c1nnc2ccccn12. The first-order chi connectivity index (χ1) is 13.1. The number of non-ortho nitro benzene ring substituents is 1. The lowest BCUT2D eigenvalue weighted by molar-refractivity contribution is -0.384. The third-order valence-electron chi connectivity index (χ3n) is 3.88. The van der Waals surface area contributed by atoms with Crippen molar-refractivity contribution in [3.63, 3.8) is 0 Å². The van der Waals surface area contributed by atoms with Crippen LogP contribution < -0.4 is 10.6 Å². The van der Waals surface area contributed by atoms with E-state index in [1.165, 1.54) is 18.2 Å². The van der Waals surface area contributed by atoms with Crippen LogP contribution in [0.2, 0.25) is 0 Å². The molecule has 3 aromatic rings. The predicted octanol–water partition coefficient (Wildman–Crippen LogP) is 3.25. The van der Waals surface area contributed by atoms with E-state index in [1.807, 2.05) is 35.1 Å². The zero-order valence-electron chi connectivity index (χ0n) is 14.5. The number of hydrogen-bond acceptors (Lipinski definition) is 6. The number of urea groups is 1. The summed E-state index contributed by atoms with van der Waals surface area (Å²) in [4.78, 5) is 22.8. The molecule has 9 nitrogen and oxygen atoms in total. The lowest BCUT2D eigenvalue weighted by Gasteiger charge is -2.17. The normalized spacial score (nSPS) is 11.9. The summed E-state index contributed by atoms with van der Waals surface area (Å²) in [7, 11) is 0. The Hall–Kier alpha value is -3.14. The van der Waals surface area contributed by atoms with Gasteiger partial charge in [0.15, 0.2) is 11.5 Å². The zero-order chi connectivity index (χ0) is 19.2. The van der Waals surface area contributed by atoms with E-state index in [1.54, 1.807) is 17.8 Å². The summed E-state index contributed by atoms with van der Waals surface area (Å²) in [6.07, 6.45) is 4.50. The second-order valence-electron chi connectivity index (χ2n) is 5.73.